The van der Waals surface area contributed by atoms with Gasteiger partial charge in [-0.2, -0.15) is 0 Å². The molecular weight excluding hydrogens is 705 g/mol. The van der Waals surface area contributed by atoms with Crippen molar-refractivity contribution in [3.05, 3.63) is 141 Å². The maximum absolute atomic E-state index is 12.9. The molecule has 5 rings (SSSR count). The second-order valence-corrected chi connectivity index (χ2v) is 24.2. The minimum absolute atomic E-state index is 0.0205. The van der Waals surface area contributed by atoms with E-state index in [1.807, 2.05) is 0 Å². The number of hydrogen-bond acceptors (Lipinski definition) is 2. The summed E-state index contributed by atoms with van der Waals surface area (Å²) in [6.07, 6.45) is 1.51. The second kappa shape index (κ2) is 15.4. The van der Waals surface area contributed by atoms with Crippen molar-refractivity contribution in [2.24, 2.45) is 5.92 Å². The highest BCUT2D eigenvalue weighted by Crippen LogP contribution is 2.68. The minimum Gasteiger partial charge on any atom is -0.396 e. The molecule has 2 nitrogen and oxygen atoms in total. The molecule has 4 aromatic rings. The first-order valence-electron chi connectivity index (χ1n) is 22.2. The summed E-state index contributed by atoms with van der Waals surface area (Å²) in [4.78, 5) is 0. The van der Waals surface area contributed by atoms with E-state index in [4.69, 9.17) is 0 Å². The van der Waals surface area contributed by atoms with Gasteiger partial charge in [0.25, 0.3) is 0 Å². The van der Waals surface area contributed by atoms with Gasteiger partial charge in [-0.25, -0.2) is 0 Å². The van der Waals surface area contributed by atoms with Crippen LogP contribution in [0.25, 0.3) is 0 Å². The Balaban J connectivity index is 2.25. The highest BCUT2D eigenvalue weighted by Gasteiger charge is 2.65. The summed E-state index contributed by atoms with van der Waals surface area (Å²) in [5.74, 6) is -0.281. The highest BCUT2D eigenvalue weighted by atomic mass is 16.3. The van der Waals surface area contributed by atoms with Crippen molar-refractivity contribution in [1.29, 1.82) is 0 Å². The molecule has 2 heteroatoms. The van der Waals surface area contributed by atoms with Crippen molar-refractivity contribution >= 4 is 0 Å². The van der Waals surface area contributed by atoms with E-state index in [-0.39, 0.29) is 57.5 Å². The third kappa shape index (κ3) is 8.03. The summed E-state index contributed by atoms with van der Waals surface area (Å²) < 4.78 is 0. The lowest BCUT2D eigenvalue weighted by Gasteiger charge is -2.63. The van der Waals surface area contributed by atoms with Crippen LogP contribution in [0, 0.1) is 5.92 Å². The summed E-state index contributed by atoms with van der Waals surface area (Å²) in [6, 6.07) is 32.9. The van der Waals surface area contributed by atoms with Crippen LogP contribution in [0.4, 0.5) is 0 Å². The lowest BCUT2D eigenvalue weighted by Crippen LogP contribution is -2.62. The van der Waals surface area contributed by atoms with Crippen LogP contribution in [0.5, 0.6) is 0 Å². The zero-order chi connectivity index (χ0) is 43.7. The maximum Gasteiger partial charge on any atom is 0.0540 e. The van der Waals surface area contributed by atoms with Crippen molar-refractivity contribution in [2.45, 2.75) is 187 Å². The smallest absolute Gasteiger partial charge is 0.0540 e. The molecule has 0 bridgehead atoms. The van der Waals surface area contributed by atoms with Gasteiger partial charge in [0.1, 0.15) is 0 Å². The van der Waals surface area contributed by atoms with Crippen LogP contribution in [0.2, 0.25) is 0 Å². The van der Waals surface area contributed by atoms with E-state index in [1.165, 1.54) is 55.6 Å². The Bertz CT molecular complexity index is 1970. The number of benzene rings is 4. The summed E-state index contributed by atoms with van der Waals surface area (Å²) in [5, 5.41) is 24.9. The molecule has 0 heterocycles. The van der Waals surface area contributed by atoms with Crippen LogP contribution >= 0.6 is 0 Å². The van der Waals surface area contributed by atoms with Crippen LogP contribution in [0.15, 0.2) is 84.9 Å². The molecule has 1 aliphatic rings. The molecule has 0 aliphatic heterocycles. The standard InChI is InChI=1S/C56H80O2/c1-49(2,3)38-25-29-40(30-26-38)55(36-58)34-33-37(35-57)47(46-42(51(7,8)9)21-19-22-43(46)52(10,11)12)56(55,41-31-27-39(28-32-41)50(4,5)6)48-44(53(13,14)15)23-20-24-45(48)54(16,17)18/h19-32,37,47,57-58H,33-36H2,1-18H3. The molecule has 58 heavy (non-hydrogen) atoms. The number of aliphatic hydroxyl groups excluding tert-OH is 2. The molecule has 4 atom stereocenters. The Morgan fingerprint density at radius 2 is 0.828 bits per heavy atom. The molecule has 0 radical (unpaired) electrons. The normalized spacial score (nSPS) is 22.6. The van der Waals surface area contributed by atoms with Crippen LogP contribution in [0.3, 0.4) is 0 Å². The first kappa shape index (κ1) is 45.9. The zero-order valence-corrected chi connectivity index (χ0v) is 40.0. The van der Waals surface area contributed by atoms with Crippen LogP contribution in [-0.2, 0) is 43.3 Å². The highest BCUT2D eigenvalue weighted by molar-refractivity contribution is 5.64. The summed E-state index contributed by atoms with van der Waals surface area (Å²) in [7, 11) is 0. The van der Waals surface area contributed by atoms with Gasteiger partial charge in [-0.1, -0.05) is 210 Å². The molecular formula is C56H80O2. The fourth-order valence-electron chi connectivity index (χ4n) is 10.7. The summed E-state index contributed by atoms with van der Waals surface area (Å²) in [6.45, 7) is 42.0. The summed E-state index contributed by atoms with van der Waals surface area (Å²) in [5.41, 5.74) is 10.3. The molecule has 0 spiro atoms. The van der Waals surface area contributed by atoms with E-state index in [0.29, 0.717) is 0 Å². The SMILES string of the molecule is CC(C)(C)c1ccc(C2(CO)CCC(CO)C(c3c(C(C)(C)C)cccc3C(C)(C)C)C2(c2ccc(C(C)(C)C)cc2)c2c(C(C)(C)C)cccc2C(C)(C)C)cc1. The van der Waals surface area contributed by atoms with E-state index >= 15 is 0 Å². The van der Waals surface area contributed by atoms with Gasteiger partial charge in [-0.05, 0) is 107 Å². The average Bonchev–Trinajstić information content (AvgIpc) is 3.11. The lowest BCUT2D eigenvalue weighted by atomic mass is 9.39. The fraction of sp³-hybridized carbons (Fsp3) is 0.571. The van der Waals surface area contributed by atoms with Gasteiger partial charge in [-0.3, -0.25) is 0 Å². The molecule has 0 aromatic heterocycles. The molecule has 1 aliphatic carbocycles. The Kier molecular flexibility index (Phi) is 12.2. The quantitative estimate of drug-likeness (QED) is 0.204. The van der Waals surface area contributed by atoms with Crippen molar-refractivity contribution in [3.63, 3.8) is 0 Å². The number of aliphatic hydroxyl groups is 2. The Labute approximate surface area is 355 Å². The molecule has 2 N–H and O–H groups in total. The van der Waals surface area contributed by atoms with E-state index in [1.54, 1.807) is 0 Å². The Morgan fingerprint density at radius 3 is 1.16 bits per heavy atom. The van der Waals surface area contributed by atoms with Crippen molar-refractivity contribution < 1.29 is 10.2 Å². The molecule has 316 valence electrons. The predicted octanol–water partition coefficient (Wildman–Crippen LogP) is 13.9. The van der Waals surface area contributed by atoms with Gasteiger partial charge >= 0.3 is 0 Å². The monoisotopic (exact) mass is 785 g/mol. The van der Waals surface area contributed by atoms with Crippen LogP contribution in [0.1, 0.15) is 199 Å². The largest absolute Gasteiger partial charge is 0.396 e. The van der Waals surface area contributed by atoms with Gasteiger partial charge in [0.15, 0.2) is 0 Å². The predicted molar refractivity (Wildman–Crippen MR) is 250 cm³/mol. The van der Waals surface area contributed by atoms with Gasteiger partial charge in [-0.15, -0.1) is 0 Å². The molecule has 1 fully saturated rings. The molecule has 1 saturated carbocycles. The van der Waals surface area contributed by atoms with Gasteiger partial charge in [0.2, 0.25) is 0 Å². The minimum atomic E-state index is -0.832. The van der Waals surface area contributed by atoms with E-state index in [9.17, 15) is 10.2 Å². The Morgan fingerprint density at radius 1 is 0.466 bits per heavy atom. The van der Waals surface area contributed by atoms with Crippen molar-refractivity contribution in [1.82, 2.24) is 0 Å². The topological polar surface area (TPSA) is 40.5 Å². The van der Waals surface area contributed by atoms with Gasteiger partial charge in [0, 0.05) is 23.4 Å². The first-order valence-corrected chi connectivity index (χ1v) is 22.2. The average molecular weight is 785 g/mol. The lowest BCUT2D eigenvalue weighted by molar-refractivity contribution is 0.0217. The molecule has 0 amide bonds. The third-order valence-corrected chi connectivity index (χ3v) is 13.8. The fourth-order valence-corrected chi connectivity index (χ4v) is 10.7. The van der Waals surface area contributed by atoms with Gasteiger partial charge < -0.3 is 10.2 Å². The van der Waals surface area contributed by atoms with E-state index < -0.39 is 10.8 Å². The second-order valence-electron chi connectivity index (χ2n) is 24.2. The van der Waals surface area contributed by atoms with Crippen LogP contribution < -0.4 is 0 Å². The molecule has 4 unspecified atom stereocenters. The van der Waals surface area contributed by atoms with Gasteiger partial charge in [0.05, 0.1) is 6.61 Å². The van der Waals surface area contributed by atoms with E-state index in [0.717, 1.165) is 12.8 Å². The third-order valence-electron chi connectivity index (χ3n) is 13.8. The van der Waals surface area contributed by atoms with Crippen LogP contribution in [-0.4, -0.2) is 23.4 Å². The zero-order valence-electron chi connectivity index (χ0n) is 40.0. The van der Waals surface area contributed by atoms with Crippen molar-refractivity contribution in [3.8, 4) is 0 Å². The van der Waals surface area contributed by atoms with E-state index in [2.05, 4.69) is 210 Å². The molecule has 0 saturated heterocycles. The number of rotatable bonds is 6. The Hall–Kier alpha value is -3.20. The van der Waals surface area contributed by atoms with Crippen molar-refractivity contribution in [2.75, 3.05) is 13.2 Å². The maximum atomic E-state index is 12.9. The first-order chi connectivity index (χ1) is 26.5. The summed E-state index contributed by atoms with van der Waals surface area (Å²) >= 11 is 0. The molecule has 4 aromatic carbocycles. The number of hydrogen-bond donors (Lipinski definition) is 2.